The smallest absolute Gasteiger partial charge is 0.249 e. The number of hydrogen-bond donors (Lipinski definition) is 1. The number of fused-ring (bicyclic) bond motifs is 1. The second-order valence-corrected chi connectivity index (χ2v) is 4.48. The summed E-state index contributed by atoms with van der Waals surface area (Å²) >= 11 is 0. The molecule has 1 aliphatic heterocycles. The summed E-state index contributed by atoms with van der Waals surface area (Å²) in [5.74, 6) is 1.30. The Morgan fingerprint density at radius 1 is 1.47 bits per heavy atom. The molecule has 0 fully saturated rings. The molecule has 0 atom stereocenters. The minimum absolute atomic E-state index is 0.0150. The van der Waals surface area contributed by atoms with Crippen molar-refractivity contribution in [2.45, 2.75) is 26.3 Å². The number of amides is 1. The average molecular weight is 235 g/mol. The third-order valence-corrected chi connectivity index (χ3v) is 3.11. The van der Waals surface area contributed by atoms with E-state index in [2.05, 4.69) is 10.3 Å². The molecule has 0 radical (unpaired) electrons. The van der Waals surface area contributed by atoms with E-state index in [9.17, 15) is 4.79 Å². The summed E-state index contributed by atoms with van der Waals surface area (Å²) in [5, 5.41) is 2.87. The second-order valence-electron chi connectivity index (χ2n) is 4.48. The summed E-state index contributed by atoms with van der Waals surface area (Å²) in [6.45, 7) is 6.49. The van der Waals surface area contributed by atoms with Gasteiger partial charge in [-0.2, -0.15) is 4.98 Å². The Bertz CT molecular complexity index is 457. The van der Waals surface area contributed by atoms with Crippen LogP contribution >= 0.6 is 0 Å². The van der Waals surface area contributed by atoms with Crippen LogP contribution in [0.2, 0.25) is 0 Å². The van der Waals surface area contributed by atoms with Gasteiger partial charge < -0.3 is 15.0 Å². The first-order valence-electron chi connectivity index (χ1n) is 5.64. The third kappa shape index (κ3) is 1.71. The van der Waals surface area contributed by atoms with Crippen molar-refractivity contribution in [2.75, 3.05) is 23.9 Å². The topological polar surface area (TPSA) is 54.5 Å². The largest absolute Gasteiger partial charge is 0.481 e. The van der Waals surface area contributed by atoms with Gasteiger partial charge >= 0.3 is 0 Å². The number of carbonyl (C=O) groups is 1. The molecule has 1 N–H and O–H groups in total. The molecule has 1 aromatic rings. The van der Waals surface area contributed by atoms with E-state index in [0.29, 0.717) is 12.4 Å². The third-order valence-electron chi connectivity index (χ3n) is 3.11. The number of ether oxygens (including phenoxy) is 1. The summed E-state index contributed by atoms with van der Waals surface area (Å²) in [6.07, 6.45) is 0. The first-order chi connectivity index (χ1) is 8.00. The summed E-state index contributed by atoms with van der Waals surface area (Å²) in [5.41, 5.74) is 0.137. The SMILES string of the molecule is CCN1c2nc(OC)ccc2NC(=O)C1(C)C. The molecule has 92 valence electrons. The predicted octanol–water partition coefficient (Wildman–Crippen LogP) is 1.65. The minimum Gasteiger partial charge on any atom is -0.481 e. The van der Waals surface area contributed by atoms with Crippen molar-refractivity contribution in [3.63, 3.8) is 0 Å². The highest BCUT2D eigenvalue weighted by Gasteiger charge is 2.40. The lowest BCUT2D eigenvalue weighted by molar-refractivity contribution is -0.120. The molecule has 5 nitrogen and oxygen atoms in total. The van der Waals surface area contributed by atoms with Crippen LogP contribution in [0, 0.1) is 0 Å². The molecule has 0 bridgehead atoms. The van der Waals surface area contributed by atoms with Crippen molar-refractivity contribution < 1.29 is 9.53 Å². The van der Waals surface area contributed by atoms with Gasteiger partial charge in [0.05, 0.1) is 12.8 Å². The van der Waals surface area contributed by atoms with Gasteiger partial charge in [0.2, 0.25) is 11.8 Å². The van der Waals surface area contributed by atoms with Gasteiger partial charge in [0, 0.05) is 12.6 Å². The van der Waals surface area contributed by atoms with E-state index in [4.69, 9.17) is 4.74 Å². The summed E-state index contributed by atoms with van der Waals surface area (Å²) < 4.78 is 5.12. The van der Waals surface area contributed by atoms with E-state index in [-0.39, 0.29) is 5.91 Å². The van der Waals surface area contributed by atoms with Gasteiger partial charge in [0.25, 0.3) is 0 Å². The Kier molecular flexibility index (Phi) is 2.69. The Hall–Kier alpha value is -1.78. The average Bonchev–Trinajstić information content (AvgIpc) is 2.30. The lowest BCUT2D eigenvalue weighted by atomic mass is 9.98. The number of methoxy groups -OCH3 is 1. The maximum Gasteiger partial charge on any atom is 0.249 e. The zero-order valence-electron chi connectivity index (χ0n) is 10.6. The monoisotopic (exact) mass is 235 g/mol. The van der Waals surface area contributed by atoms with E-state index in [1.54, 1.807) is 13.2 Å². The van der Waals surface area contributed by atoms with Gasteiger partial charge in [-0.25, -0.2) is 0 Å². The Balaban J connectivity index is 2.55. The van der Waals surface area contributed by atoms with Gasteiger partial charge in [-0.15, -0.1) is 0 Å². The van der Waals surface area contributed by atoms with E-state index < -0.39 is 5.54 Å². The zero-order chi connectivity index (χ0) is 12.6. The number of rotatable bonds is 2. The number of pyridine rings is 1. The fourth-order valence-corrected chi connectivity index (χ4v) is 2.06. The van der Waals surface area contributed by atoms with Crippen LogP contribution in [0.4, 0.5) is 11.5 Å². The Labute approximate surface area is 101 Å². The zero-order valence-corrected chi connectivity index (χ0v) is 10.6. The molecule has 1 aromatic heterocycles. The van der Waals surface area contributed by atoms with E-state index in [1.807, 2.05) is 31.7 Å². The lowest BCUT2D eigenvalue weighted by Gasteiger charge is -2.42. The van der Waals surface area contributed by atoms with Crippen LogP contribution in [0.25, 0.3) is 0 Å². The molecular formula is C12H17N3O2. The van der Waals surface area contributed by atoms with Gasteiger partial charge in [0.1, 0.15) is 5.54 Å². The quantitative estimate of drug-likeness (QED) is 0.846. The normalized spacial score (nSPS) is 17.4. The molecule has 1 aliphatic rings. The number of aromatic nitrogens is 1. The van der Waals surface area contributed by atoms with Crippen molar-refractivity contribution in [3.8, 4) is 5.88 Å². The number of hydrogen-bond acceptors (Lipinski definition) is 4. The van der Waals surface area contributed by atoms with Gasteiger partial charge in [-0.1, -0.05) is 0 Å². The highest BCUT2D eigenvalue weighted by Crippen LogP contribution is 2.36. The molecule has 0 spiro atoms. The number of nitrogens with one attached hydrogen (secondary N) is 1. The molecule has 17 heavy (non-hydrogen) atoms. The molecule has 0 saturated carbocycles. The van der Waals surface area contributed by atoms with Crippen LogP contribution in [-0.4, -0.2) is 30.1 Å². The minimum atomic E-state index is -0.596. The Morgan fingerprint density at radius 3 is 2.76 bits per heavy atom. The molecule has 0 saturated heterocycles. The van der Waals surface area contributed by atoms with Crippen LogP contribution in [-0.2, 0) is 4.79 Å². The molecule has 0 unspecified atom stereocenters. The predicted molar refractivity (Wildman–Crippen MR) is 66.5 cm³/mol. The van der Waals surface area contributed by atoms with Crippen molar-refractivity contribution in [3.05, 3.63) is 12.1 Å². The van der Waals surface area contributed by atoms with Gasteiger partial charge in [-0.3, -0.25) is 4.79 Å². The van der Waals surface area contributed by atoms with Crippen molar-refractivity contribution in [1.82, 2.24) is 4.98 Å². The van der Waals surface area contributed by atoms with Crippen LogP contribution < -0.4 is 15.0 Å². The number of nitrogens with zero attached hydrogens (tertiary/aromatic N) is 2. The van der Waals surface area contributed by atoms with Crippen LogP contribution in [0.15, 0.2) is 12.1 Å². The van der Waals surface area contributed by atoms with Crippen LogP contribution in [0.1, 0.15) is 20.8 Å². The number of anilines is 2. The molecular weight excluding hydrogens is 218 g/mol. The molecule has 0 aliphatic carbocycles. The van der Waals surface area contributed by atoms with Crippen LogP contribution in [0.5, 0.6) is 5.88 Å². The maximum absolute atomic E-state index is 12.0. The van der Waals surface area contributed by atoms with E-state index in [1.165, 1.54) is 0 Å². The lowest BCUT2D eigenvalue weighted by Crippen LogP contribution is -2.56. The first kappa shape index (κ1) is 11.7. The van der Waals surface area contributed by atoms with E-state index in [0.717, 1.165) is 11.5 Å². The molecule has 0 aromatic carbocycles. The molecule has 5 heteroatoms. The second kappa shape index (κ2) is 3.91. The number of likely N-dealkylation sites (N-methyl/N-ethyl adjacent to an activating group) is 1. The molecule has 1 amide bonds. The van der Waals surface area contributed by atoms with Crippen molar-refractivity contribution >= 4 is 17.4 Å². The Morgan fingerprint density at radius 2 is 2.18 bits per heavy atom. The molecule has 2 heterocycles. The van der Waals surface area contributed by atoms with Crippen LogP contribution in [0.3, 0.4) is 0 Å². The molecule has 2 rings (SSSR count). The maximum atomic E-state index is 12.0. The summed E-state index contributed by atoms with van der Waals surface area (Å²) in [4.78, 5) is 18.4. The number of carbonyl (C=O) groups excluding carboxylic acids is 1. The summed E-state index contributed by atoms with van der Waals surface area (Å²) in [6, 6.07) is 3.56. The first-order valence-corrected chi connectivity index (χ1v) is 5.64. The van der Waals surface area contributed by atoms with Crippen molar-refractivity contribution in [1.29, 1.82) is 0 Å². The summed E-state index contributed by atoms with van der Waals surface area (Å²) in [7, 11) is 1.58. The fourth-order valence-electron chi connectivity index (χ4n) is 2.06. The standard InChI is InChI=1S/C12H17N3O2/c1-5-15-10-8(6-7-9(14-10)17-4)13-11(16)12(15,2)3/h6-7H,5H2,1-4H3,(H,13,16). The highest BCUT2D eigenvalue weighted by atomic mass is 16.5. The van der Waals surface area contributed by atoms with Crippen molar-refractivity contribution in [2.24, 2.45) is 0 Å². The van der Waals surface area contributed by atoms with Gasteiger partial charge in [-0.05, 0) is 26.8 Å². The highest BCUT2D eigenvalue weighted by molar-refractivity contribution is 6.05. The van der Waals surface area contributed by atoms with E-state index >= 15 is 0 Å². The van der Waals surface area contributed by atoms with Gasteiger partial charge in [0.15, 0.2) is 5.82 Å². The fraction of sp³-hybridized carbons (Fsp3) is 0.500.